The molecule has 4 rings (SSSR count). The molecule has 1 N–H and O–H groups in total. The Kier molecular flexibility index (Phi) is 8.02. The van der Waals surface area contributed by atoms with Crippen LogP contribution in [0.4, 0.5) is 5.95 Å². The highest BCUT2D eigenvalue weighted by Gasteiger charge is 2.36. The summed E-state index contributed by atoms with van der Waals surface area (Å²) in [6.07, 6.45) is 1.00. The highest BCUT2D eigenvalue weighted by Crippen LogP contribution is 2.43. The molecular weight excluding hydrogens is 532 g/mol. The summed E-state index contributed by atoms with van der Waals surface area (Å²) in [5, 5.41) is 8.62. The Labute approximate surface area is 217 Å². The van der Waals surface area contributed by atoms with Crippen molar-refractivity contribution in [2.75, 3.05) is 25.3 Å². The highest BCUT2D eigenvalue weighted by atomic mass is 79.9. The lowest BCUT2D eigenvalue weighted by Gasteiger charge is -2.28. The third kappa shape index (κ3) is 5.33. The Morgan fingerprint density at radius 3 is 2.66 bits per heavy atom. The zero-order chi connectivity index (χ0) is 24.9. The number of halogens is 1. The number of carbonyl (C=O) groups excluding carboxylic acids is 1. The number of aromatic nitrogens is 3. The number of nitrogens with one attached hydrogen (secondary N) is 1. The van der Waals surface area contributed by atoms with Crippen LogP contribution in [0.3, 0.4) is 0 Å². The fourth-order valence-corrected chi connectivity index (χ4v) is 5.16. The molecule has 1 aromatic heterocycles. The fraction of sp³-hybridized carbons (Fsp3) is 0.320. The third-order valence-electron chi connectivity index (χ3n) is 5.47. The second kappa shape index (κ2) is 11.2. The number of esters is 1. The van der Waals surface area contributed by atoms with Crippen LogP contribution in [0.25, 0.3) is 0 Å². The first-order valence-electron chi connectivity index (χ1n) is 11.2. The van der Waals surface area contributed by atoms with E-state index in [0.29, 0.717) is 38.3 Å². The summed E-state index contributed by atoms with van der Waals surface area (Å²) in [5.74, 6) is 2.13. The Balaban J connectivity index is 1.77. The standard InChI is InChI=1S/C25H27BrN4O4S/c1-5-11-35-25-28-24-27-15(2)20(23(31)34-14-16-9-7-6-8-10-16)21(30(24)29-25)17-12-18(26)22(33-4)19(13-17)32-3/h6-10,12-13,21H,5,11,14H2,1-4H3,(H,27,28,29). The van der Waals surface area contributed by atoms with E-state index in [-0.39, 0.29) is 6.61 Å². The van der Waals surface area contributed by atoms with Gasteiger partial charge in [-0.15, -0.1) is 5.10 Å². The van der Waals surface area contributed by atoms with Gasteiger partial charge in [-0.05, 0) is 52.5 Å². The second-order valence-electron chi connectivity index (χ2n) is 7.88. The van der Waals surface area contributed by atoms with Crippen LogP contribution in [0.2, 0.25) is 0 Å². The molecule has 0 fully saturated rings. The van der Waals surface area contributed by atoms with Gasteiger partial charge in [0.2, 0.25) is 11.1 Å². The lowest BCUT2D eigenvalue weighted by molar-refractivity contribution is -0.140. The van der Waals surface area contributed by atoms with Gasteiger partial charge in [-0.25, -0.2) is 9.48 Å². The summed E-state index contributed by atoms with van der Waals surface area (Å²) in [6.45, 7) is 4.12. The molecule has 0 radical (unpaired) electrons. The number of benzene rings is 2. The quantitative estimate of drug-likeness (QED) is 0.268. The maximum absolute atomic E-state index is 13.5. The van der Waals surface area contributed by atoms with Gasteiger partial charge in [-0.3, -0.25) is 0 Å². The van der Waals surface area contributed by atoms with E-state index in [4.69, 9.17) is 19.3 Å². The van der Waals surface area contributed by atoms with Crippen LogP contribution < -0.4 is 14.8 Å². The molecule has 0 aliphatic carbocycles. The van der Waals surface area contributed by atoms with Crippen molar-refractivity contribution in [2.45, 2.75) is 38.1 Å². The molecule has 1 unspecified atom stereocenters. The predicted octanol–water partition coefficient (Wildman–Crippen LogP) is 5.59. The van der Waals surface area contributed by atoms with E-state index in [9.17, 15) is 4.79 Å². The summed E-state index contributed by atoms with van der Waals surface area (Å²) in [6, 6.07) is 12.8. The summed E-state index contributed by atoms with van der Waals surface area (Å²) in [4.78, 5) is 18.1. The molecule has 0 saturated carbocycles. The first-order chi connectivity index (χ1) is 17.0. The molecule has 2 aromatic carbocycles. The summed E-state index contributed by atoms with van der Waals surface area (Å²) in [5.41, 5.74) is 2.80. The number of hydrogen-bond donors (Lipinski definition) is 1. The highest BCUT2D eigenvalue weighted by molar-refractivity contribution is 9.10. The van der Waals surface area contributed by atoms with Gasteiger partial charge < -0.3 is 19.5 Å². The third-order valence-corrected chi connectivity index (χ3v) is 7.11. The number of ether oxygens (including phenoxy) is 3. The normalized spacial score (nSPS) is 14.8. The maximum atomic E-state index is 13.5. The molecule has 0 bridgehead atoms. The molecule has 0 amide bonds. The predicted molar refractivity (Wildman–Crippen MR) is 139 cm³/mol. The van der Waals surface area contributed by atoms with Crippen molar-refractivity contribution >= 4 is 39.6 Å². The van der Waals surface area contributed by atoms with Crippen LogP contribution in [-0.4, -0.2) is 40.7 Å². The van der Waals surface area contributed by atoms with Gasteiger partial charge in [0.1, 0.15) is 12.6 Å². The molecule has 10 heteroatoms. The van der Waals surface area contributed by atoms with Crippen molar-refractivity contribution in [3.05, 3.63) is 69.3 Å². The van der Waals surface area contributed by atoms with Gasteiger partial charge in [-0.1, -0.05) is 49.0 Å². The zero-order valence-electron chi connectivity index (χ0n) is 20.0. The summed E-state index contributed by atoms with van der Waals surface area (Å²) in [7, 11) is 3.16. The van der Waals surface area contributed by atoms with Gasteiger partial charge in [0.05, 0.1) is 24.3 Å². The Morgan fingerprint density at radius 1 is 1.20 bits per heavy atom. The molecular formula is C25H27BrN4O4S. The van der Waals surface area contributed by atoms with Crippen molar-refractivity contribution in [2.24, 2.45) is 0 Å². The van der Waals surface area contributed by atoms with Crippen LogP contribution in [0.5, 0.6) is 11.5 Å². The number of nitrogens with zero attached hydrogens (tertiary/aromatic N) is 3. The van der Waals surface area contributed by atoms with Gasteiger partial charge in [0.15, 0.2) is 11.5 Å². The number of fused-ring (bicyclic) bond motifs is 1. The van der Waals surface area contributed by atoms with E-state index in [1.807, 2.05) is 49.4 Å². The maximum Gasteiger partial charge on any atom is 0.338 e. The number of methoxy groups -OCH3 is 2. The molecule has 35 heavy (non-hydrogen) atoms. The average molecular weight is 559 g/mol. The minimum absolute atomic E-state index is 0.167. The number of carbonyl (C=O) groups is 1. The van der Waals surface area contributed by atoms with Crippen LogP contribution in [-0.2, 0) is 16.1 Å². The molecule has 1 aliphatic rings. The van der Waals surface area contributed by atoms with Gasteiger partial charge >= 0.3 is 5.97 Å². The minimum Gasteiger partial charge on any atom is -0.493 e. The Morgan fingerprint density at radius 2 is 1.97 bits per heavy atom. The van der Waals surface area contributed by atoms with E-state index in [0.717, 1.165) is 23.3 Å². The second-order valence-corrected chi connectivity index (χ2v) is 9.79. The van der Waals surface area contributed by atoms with Crippen molar-refractivity contribution < 1.29 is 19.0 Å². The zero-order valence-corrected chi connectivity index (χ0v) is 22.4. The number of anilines is 1. The lowest BCUT2D eigenvalue weighted by atomic mass is 9.95. The van der Waals surface area contributed by atoms with Crippen molar-refractivity contribution in [3.63, 3.8) is 0 Å². The molecule has 8 nitrogen and oxygen atoms in total. The van der Waals surface area contributed by atoms with E-state index in [2.05, 4.69) is 33.2 Å². The molecule has 184 valence electrons. The molecule has 1 atom stereocenters. The molecule has 0 spiro atoms. The molecule has 3 aromatic rings. The van der Waals surface area contributed by atoms with Crippen molar-refractivity contribution in [1.29, 1.82) is 0 Å². The largest absolute Gasteiger partial charge is 0.493 e. The van der Waals surface area contributed by atoms with Crippen LogP contribution in [0, 0.1) is 0 Å². The van der Waals surface area contributed by atoms with Crippen LogP contribution in [0.15, 0.2) is 63.4 Å². The Hall–Kier alpha value is -2.98. The topological polar surface area (TPSA) is 87.5 Å². The first kappa shape index (κ1) is 25.1. The van der Waals surface area contributed by atoms with E-state index >= 15 is 0 Å². The number of thioether (sulfide) groups is 1. The van der Waals surface area contributed by atoms with Crippen LogP contribution in [0.1, 0.15) is 37.4 Å². The van der Waals surface area contributed by atoms with Crippen molar-refractivity contribution in [3.8, 4) is 11.5 Å². The molecule has 2 heterocycles. The van der Waals surface area contributed by atoms with Crippen molar-refractivity contribution in [1.82, 2.24) is 14.8 Å². The Bertz CT molecular complexity index is 1250. The number of allylic oxidation sites excluding steroid dienone is 1. The van der Waals surface area contributed by atoms with E-state index in [1.54, 1.807) is 30.7 Å². The first-order valence-corrected chi connectivity index (χ1v) is 12.9. The summed E-state index contributed by atoms with van der Waals surface area (Å²) < 4.78 is 19.2. The average Bonchev–Trinajstić information content (AvgIpc) is 3.27. The SMILES string of the molecule is CCCSc1nc2n(n1)C(c1cc(Br)c(OC)c(OC)c1)C(C(=O)OCc1ccccc1)=C(C)N2. The van der Waals surface area contributed by atoms with E-state index in [1.165, 1.54) is 0 Å². The fourth-order valence-electron chi connectivity index (χ4n) is 3.86. The van der Waals surface area contributed by atoms with Gasteiger partial charge in [-0.2, -0.15) is 4.98 Å². The molecule has 1 aliphatic heterocycles. The monoisotopic (exact) mass is 558 g/mol. The number of rotatable bonds is 9. The van der Waals surface area contributed by atoms with Gasteiger partial charge in [0, 0.05) is 11.4 Å². The lowest BCUT2D eigenvalue weighted by Crippen LogP contribution is -2.29. The van der Waals surface area contributed by atoms with E-state index < -0.39 is 12.0 Å². The summed E-state index contributed by atoms with van der Waals surface area (Å²) >= 11 is 5.15. The smallest absolute Gasteiger partial charge is 0.338 e. The number of hydrogen-bond acceptors (Lipinski definition) is 8. The minimum atomic E-state index is -0.575. The van der Waals surface area contributed by atoms with Crippen LogP contribution >= 0.6 is 27.7 Å². The molecule has 0 saturated heterocycles. The van der Waals surface area contributed by atoms with Gasteiger partial charge in [0.25, 0.3) is 0 Å².